The Bertz CT molecular complexity index is 3180. The topological polar surface area (TPSA) is 116 Å². The van der Waals surface area contributed by atoms with Gasteiger partial charge in [-0.2, -0.15) is 0 Å². The Hall–Kier alpha value is -6.54. The summed E-state index contributed by atoms with van der Waals surface area (Å²) in [6, 6.07) is 29.0. The van der Waals surface area contributed by atoms with Crippen molar-refractivity contribution in [1.29, 1.82) is 0 Å². The van der Waals surface area contributed by atoms with Gasteiger partial charge in [0, 0.05) is 37.7 Å². The molecule has 63 heavy (non-hydrogen) atoms. The standard InChI is InChI=1S/C21H17FN2O.C13H13BrN2O.C8H5BrN2O.C8H5F/c22-17-10-7-15(8-11-17)5-6-16-9-12-19-20(13-16)23-14-24(21(19)25)18-3-1-2-4-18;14-9-5-6-11-12(7-9)15-8-16(13(11)17)10-3-1-2-4-10;9-5-1-2-6-7(3-5)10-4-11-8(6)12;1-2-7-3-5-8(9)6-4-7/h7-14,18H,1-4H2;5-8,10H,1-4H2;1-4H,(H,10,11,12);1,3-6H. The SMILES string of the molecule is C#Cc1ccc(F)cc1.O=c1[nH]cnc2cc(Br)ccc12.O=c1c2ccc(Br)cc2ncn1C1CCCC1.O=c1c2ccc(C#Cc3ccc(F)cc3)cc2ncn1C1CCCC1. The second-order valence-corrected chi connectivity index (χ2v) is 16.8. The van der Waals surface area contributed by atoms with Gasteiger partial charge in [0.1, 0.15) is 11.6 Å². The second kappa shape index (κ2) is 21.0. The number of terminal acetylenes is 1. The first-order chi connectivity index (χ1) is 30.6. The number of benzene rings is 5. The third-order valence-electron chi connectivity index (χ3n) is 10.8. The maximum absolute atomic E-state index is 12.9. The van der Waals surface area contributed by atoms with E-state index in [4.69, 9.17) is 6.42 Å². The number of nitrogens with zero attached hydrogens (tertiary/aromatic N) is 5. The van der Waals surface area contributed by atoms with E-state index in [1.54, 1.807) is 53.6 Å². The average molecular weight is 971 g/mol. The highest BCUT2D eigenvalue weighted by Gasteiger charge is 2.20. The van der Waals surface area contributed by atoms with Gasteiger partial charge < -0.3 is 4.98 Å². The molecule has 0 amide bonds. The summed E-state index contributed by atoms with van der Waals surface area (Å²) in [4.78, 5) is 51.6. The van der Waals surface area contributed by atoms with Crippen LogP contribution in [0.15, 0.2) is 145 Å². The van der Waals surface area contributed by atoms with Gasteiger partial charge in [0.15, 0.2) is 0 Å². The van der Waals surface area contributed by atoms with Crippen LogP contribution in [0.1, 0.15) is 80.1 Å². The van der Waals surface area contributed by atoms with Crippen LogP contribution in [-0.2, 0) is 0 Å². The van der Waals surface area contributed by atoms with Gasteiger partial charge in [-0.05, 0) is 129 Å². The highest BCUT2D eigenvalue weighted by atomic mass is 79.9. The van der Waals surface area contributed by atoms with Gasteiger partial charge in [-0.1, -0.05) is 75.3 Å². The zero-order chi connectivity index (χ0) is 44.3. The number of H-pyrrole nitrogens is 1. The molecule has 0 saturated heterocycles. The van der Waals surface area contributed by atoms with Gasteiger partial charge in [-0.3, -0.25) is 23.5 Å². The van der Waals surface area contributed by atoms with Gasteiger partial charge in [-0.15, -0.1) is 6.42 Å². The van der Waals surface area contributed by atoms with E-state index >= 15 is 0 Å². The van der Waals surface area contributed by atoms with Gasteiger partial charge in [-0.25, -0.2) is 23.7 Å². The molecule has 1 N–H and O–H groups in total. The lowest BCUT2D eigenvalue weighted by atomic mass is 10.1. The lowest BCUT2D eigenvalue weighted by molar-refractivity contribution is 0.499. The van der Waals surface area contributed by atoms with Crippen LogP contribution in [0.4, 0.5) is 8.78 Å². The first-order valence-corrected chi connectivity index (χ1v) is 21.9. The molecule has 8 aromatic rings. The third-order valence-corrected chi connectivity index (χ3v) is 11.8. The molecule has 13 heteroatoms. The number of aromatic nitrogens is 6. The molecule has 0 bridgehead atoms. The number of hydrogen-bond acceptors (Lipinski definition) is 6. The quantitative estimate of drug-likeness (QED) is 0.173. The molecule has 2 saturated carbocycles. The molecule has 2 fully saturated rings. The van der Waals surface area contributed by atoms with Crippen LogP contribution in [-0.4, -0.2) is 29.1 Å². The highest BCUT2D eigenvalue weighted by Crippen LogP contribution is 2.29. The van der Waals surface area contributed by atoms with Crippen LogP contribution in [0.3, 0.4) is 0 Å². The number of rotatable bonds is 2. The maximum Gasteiger partial charge on any atom is 0.261 e. The molecule has 9 nitrogen and oxygen atoms in total. The normalized spacial score (nSPS) is 13.4. The van der Waals surface area contributed by atoms with E-state index in [-0.39, 0.29) is 34.4 Å². The number of nitrogens with one attached hydrogen (secondary N) is 1. The first-order valence-electron chi connectivity index (χ1n) is 20.4. The van der Waals surface area contributed by atoms with E-state index in [1.807, 2.05) is 47.0 Å². The van der Waals surface area contributed by atoms with Crippen LogP contribution in [0.2, 0.25) is 0 Å². The first kappa shape index (κ1) is 44.5. The summed E-state index contributed by atoms with van der Waals surface area (Å²) in [7, 11) is 0. The smallest absolute Gasteiger partial charge is 0.261 e. The van der Waals surface area contributed by atoms with E-state index in [1.165, 1.54) is 56.3 Å². The van der Waals surface area contributed by atoms with E-state index < -0.39 is 0 Å². The molecule has 5 aromatic carbocycles. The van der Waals surface area contributed by atoms with Crippen molar-refractivity contribution < 1.29 is 8.78 Å². The molecule has 2 aliphatic carbocycles. The van der Waals surface area contributed by atoms with Crippen molar-refractivity contribution in [1.82, 2.24) is 29.1 Å². The molecular weight excluding hydrogens is 930 g/mol. The Labute approximate surface area is 378 Å². The Morgan fingerprint density at radius 3 is 1.51 bits per heavy atom. The molecule has 2 aliphatic rings. The summed E-state index contributed by atoms with van der Waals surface area (Å²) in [5, 5.41) is 1.95. The van der Waals surface area contributed by atoms with E-state index in [9.17, 15) is 23.2 Å². The van der Waals surface area contributed by atoms with Gasteiger partial charge >= 0.3 is 0 Å². The van der Waals surface area contributed by atoms with Crippen molar-refractivity contribution in [3.63, 3.8) is 0 Å². The summed E-state index contributed by atoms with van der Waals surface area (Å²) >= 11 is 6.70. The third kappa shape index (κ3) is 11.5. The van der Waals surface area contributed by atoms with Gasteiger partial charge in [0.2, 0.25) is 0 Å². The predicted octanol–water partition coefficient (Wildman–Crippen LogP) is 10.8. The number of halogens is 4. The van der Waals surface area contributed by atoms with Crippen molar-refractivity contribution in [2.45, 2.75) is 63.5 Å². The van der Waals surface area contributed by atoms with E-state index in [0.29, 0.717) is 38.8 Å². The minimum atomic E-state index is -0.279. The van der Waals surface area contributed by atoms with Crippen molar-refractivity contribution in [2.75, 3.05) is 0 Å². The van der Waals surface area contributed by atoms with E-state index in [2.05, 4.69) is 69.6 Å². The Morgan fingerprint density at radius 1 is 0.556 bits per heavy atom. The number of fused-ring (bicyclic) bond motifs is 3. The van der Waals surface area contributed by atoms with Gasteiger partial charge in [0.25, 0.3) is 16.7 Å². The van der Waals surface area contributed by atoms with Gasteiger partial charge in [0.05, 0.1) is 51.7 Å². The zero-order valence-corrected chi connectivity index (χ0v) is 37.1. The molecule has 0 spiro atoms. The molecule has 10 rings (SSSR count). The minimum absolute atomic E-state index is 0.0231. The number of hydrogen-bond donors (Lipinski definition) is 1. The van der Waals surface area contributed by atoms with Crippen LogP contribution in [0.25, 0.3) is 32.7 Å². The monoisotopic (exact) mass is 968 g/mol. The average Bonchev–Trinajstić information content (AvgIpc) is 4.04. The van der Waals surface area contributed by atoms with Crippen LogP contribution >= 0.6 is 31.9 Å². The molecule has 0 radical (unpaired) electrons. The van der Waals surface area contributed by atoms with Crippen LogP contribution in [0.5, 0.6) is 0 Å². The lowest BCUT2D eigenvalue weighted by Crippen LogP contribution is -2.23. The molecule has 3 aromatic heterocycles. The Morgan fingerprint density at radius 2 is 0.984 bits per heavy atom. The summed E-state index contributed by atoms with van der Waals surface area (Å²) in [5.74, 6) is 7.89. The second-order valence-electron chi connectivity index (χ2n) is 15.0. The summed E-state index contributed by atoms with van der Waals surface area (Å²) < 4.78 is 30.5. The largest absolute Gasteiger partial charge is 0.313 e. The van der Waals surface area contributed by atoms with Crippen molar-refractivity contribution in [2.24, 2.45) is 0 Å². The maximum atomic E-state index is 12.9. The molecule has 3 heterocycles. The fraction of sp³-hybridized carbons (Fsp3) is 0.200. The summed E-state index contributed by atoms with van der Waals surface area (Å²) in [6.07, 6.45) is 18.9. The Kier molecular flexibility index (Phi) is 14.9. The molecule has 316 valence electrons. The van der Waals surface area contributed by atoms with E-state index in [0.717, 1.165) is 51.3 Å². The summed E-state index contributed by atoms with van der Waals surface area (Å²) in [6.45, 7) is 0. The zero-order valence-electron chi connectivity index (χ0n) is 33.9. The molecule has 0 atom stereocenters. The highest BCUT2D eigenvalue weighted by molar-refractivity contribution is 9.10. The summed E-state index contributed by atoms with van der Waals surface area (Å²) in [5.41, 5.74) is 4.36. The van der Waals surface area contributed by atoms with Crippen LogP contribution < -0.4 is 16.7 Å². The van der Waals surface area contributed by atoms with Crippen molar-refractivity contribution >= 4 is 64.6 Å². The lowest BCUT2D eigenvalue weighted by Gasteiger charge is -2.13. The van der Waals surface area contributed by atoms with Crippen molar-refractivity contribution in [3.8, 4) is 24.2 Å². The Balaban J connectivity index is 0.000000136. The van der Waals surface area contributed by atoms with Crippen molar-refractivity contribution in [3.05, 3.63) is 190 Å². The minimum Gasteiger partial charge on any atom is -0.313 e. The molecular formula is C50H40Br2F2N6O3. The predicted molar refractivity (Wildman–Crippen MR) is 251 cm³/mol. The van der Waals surface area contributed by atoms with Crippen LogP contribution in [0, 0.1) is 35.8 Å². The fourth-order valence-electron chi connectivity index (χ4n) is 7.47. The molecule has 0 unspecified atom stereocenters. The number of aromatic amines is 1. The fourth-order valence-corrected chi connectivity index (χ4v) is 8.17. The molecule has 0 aliphatic heterocycles.